The number of nitrogens with zero attached hydrogens (tertiary/aromatic N) is 2. The maximum absolute atomic E-state index is 6.45. The Morgan fingerprint density at radius 2 is 2.14 bits per heavy atom. The van der Waals surface area contributed by atoms with Gasteiger partial charge in [-0.05, 0) is 55.6 Å². The fourth-order valence-corrected chi connectivity index (χ4v) is 3.40. The first-order valence-corrected chi connectivity index (χ1v) is 8.03. The fraction of sp³-hybridized carbons (Fsp3) is 0.471. The average molecular weight is 304 g/mol. The normalized spacial score (nSPS) is 17.3. The number of piperidine rings is 1. The van der Waals surface area contributed by atoms with Gasteiger partial charge < -0.3 is 5.32 Å². The molecule has 0 bridgehead atoms. The largest absolute Gasteiger partial charge is 0.386 e. The predicted molar refractivity (Wildman–Crippen MR) is 90.0 cm³/mol. The van der Waals surface area contributed by atoms with E-state index in [1.54, 1.807) is 0 Å². The number of benzene rings is 1. The topological polar surface area (TPSA) is 28.2 Å². The van der Waals surface area contributed by atoms with Gasteiger partial charge in [0.1, 0.15) is 0 Å². The van der Waals surface area contributed by atoms with Gasteiger partial charge >= 0.3 is 0 Å². The summed E-state index contributed by atoms with van der Waals surface area (Å²) >= 11 is 6.45. The second kappa shape index (κ2) is 6.20. The molecule has 0 aliphatic carbocycles. The number of pyridine rings is 1. The minimum absolute atomic E-state index is 0.789. The van der Waals surface area contributed by atoms with Gasteiger partial charge in [0.05, 0.1) is 16.2 Å². The van der Waals surface area contributed by atoms with E-state index in [1.165, 1.54) is 31.5 Å². The number of fused-ring (bicyclic) bond motifs is 1. The molecule has 0 unspecified atom stereocenters. The molecule has 1 aromatic carbocycles. The minimum Gasteiger partial charge on any atom is -0.386 e. The zero-order chi connectivity index (χ0) is 14.8. The summed E-state index contributed by atoms with van der Waals surface area (Å²) in [7, 11) is 1.96. The molecule has 1 saturated heterocycles. The van der Waals surface area contributed by atoms with E-state index < -0.39 is 0 Å². The monoisotopic (exact) mass is 303 g/mol. The van der Waals surface area contributed by atoms with Gasteiger partial charge in [-0.25, -0.2) is 0 Å². The molecular formula is C17H22ClN3. The van der Waals surface area contributed by atoms with Gasteiger partial charge in [-0.1, -0.05) is 18.5 Å². The lowest BCUT2D eigenvalue weighted by Crippen LogP contribution is -2.32. The Morgan fingerprint density at radius 1 is 1.38 bits per heavy atom. The van der Waals surface area contributed by atoms with Crippen LogP contribution < -0.4 is 5.32 Å². The van der Waals surface area contributed by atoms with Crippen molar-refractivity contribution >= 4 is 28.2 Å². The molecule has 0 radical (unpaired) electrons. The fourth-order valence-electron chi connectivity index (χ4n) is 3.12. The second-order valence-corrected chi connectivity index (χ2v) is 6.41. The molecule has 3 rings (SSSR count). The molecule has 3 nitrogen and oxygen atoms in total. The van der Waals surface area contributed by atoms with Crippen molar-refractivity contribution in [3.05, 3.63) is 35.0 Å². The standard InChI is InChI=1S/C17H22ClN3/c1-12-5-8-21(9-6-12)11-13-10-15(18)14-4-3-7-20-17(14)16(13)19-2/h3-4,7,10,12,19H,5-6,8-9,11H2,1-2H3. The number of hydrogen-bond donors (Lipinski definition) is 1. The Bertz CT molecular complexity index is 633. The van der Waals surface area contributed by atoms with Crippen LogP contribution >= 0.6 is 11.6 Å². The number of rotatable bonds is 3. The molecule has 4 heteroatoms. The molecule has 2 aromatic rings. The van der Waals surface area contributed by atoms with Gasteiger partial charge in [-0.15, -0.1) is 0 Å². The van der Waals surface area contributed by atoms with E-state index in [0.717, 1.165) is 34.1 Å². The van der Waals surface area contributed by atoms with E-state index in [1.807, 2.05) is 25.4 Å². The molecular weight excluding hydrogens is 282 g/mol. The van der Waals surface area contributed by atoms with Crippen molar-refractivity contribution in [1.29, 1.82) is 0 Å². The Balaban J connectivity index is 1.94. The van der Waals surface area contributed by atoms with Crippen LogP contribution in [0.5, 0.6) is 0 Å². The number of nitrogens with one attached hydrogen (secondary N) is 1. The van der Waals surface area contributed by atoms with Crippen LogP contribution in [0.4, 0.5) is 5.69 Å². The highest BCUT2D eigenvalue weighted by molar-refractivity contribution is 6.36. The van der Waals surface area contributed by atoms with E-state index in [0.29, 0.717) is 0 Å². The van der Waals surface area contributed by atoms with E-state index in [2.05, 4.69) is 28.2 Å². The van der Waals surface area contributed by atoms with Crippen molar-refractivity contribution in [3.8, 4) is 0 Å². The summed E-state index contributed by atoms with van der Waals surface area (Å²) in [6.07, 6.45) is 4.40. The first-order valence-electron chi connectivity index (χ1n) is 7.65. The third-order valence-electron chi connectivity index (χ3n) is 4.44. The van der Waals surface area contributed by atoms with Crippen LogP contribution in [0, 0.1) is 5.92 Å². The molecule has 1 aliphatic rings. The van der Waals surface area contributed by atoms with Gasteiger partial charge in [-0.2, -0.15) is 0 Å². The van der Waals surface area contributed by atoms with Crippen LogP contribution in [0.2, 0.25) is 5.02 Å². The SMILES string of the molecule is CNc1c(CN2CCC(C)CC2)cc(Cl)c2cccnc12. The van der Waals surface area contributed by atoms with Gasteiger partial charge in [0.2, 0.25) is 0 Å². The molecule has 0 saturated carbocycles. The molecule has 21 heavy (non-hydrogen) atoms. The summed E-state index contributed by atoms with van der Waals surface area (Å²) in [5, 5.41) is 5.12. The average Bonchev–Trinajstić information content (AvgIpc) is 2.50. The molecule has 112 valence electrons. The summed E-state index contributed by atoms with van der Waals surface area (Å²) in [6.45, 7) is 5.62. The highest BCUT2D eigenvalue weighted by atomic mass is 35.5. The maximum Gasteiger partial charge on any atom is 0.0951 e. The second-order valence-electron chi connectivity index (χ2n) is 6.00. The van der Waals surface area contributed by atoms with Crippen LogP contribution in [0.15, 0.2) is 24.4 Å². The first kappa shape index (κ1) is 14.6. The number of likely N-dealkylation sites (tertiary alicyclic amines) is 1. The molecule has 0 atom stereocenters. The van der Waals surface area contributed by atoms with E-state index >= 15 is 0 Å². The van der Waals surface area contributed by atoms with Crippen molar-refractivity contribution < 1.29 is 0 Å². The predicted octanol–water partition coefficient (Wildman–Crippen LogP) is 4.16. The van der Waals surface area contributed by atoms with Crippen molar-refractivity contribution in [1.82, 2.24) is 9.88 Å². The number of hydrogen-bond acceptors (Lipinski definition) is 3. The highest BCUT2D eigenvalue weighted by Crippen LogP contribution is 2.33. The lowest BCUT2D eigenvalue weighted by Gasteiger charge is -2.31. The Morgan fingerprint density at radius 3 is 2.86 bits per heavy atom. The molecule has 1 fully saturated rings. The van der Waals surface area contributed by atoms with Crippen LogP contribution in [-0.2, 0) is 6.54 Å². The first-order chi connectivity index (χ1) is 10.2. The zero-order valence-electron chi connectivity index (χ0n) is 12.7. The molecule has 1 aliphatic heterocycles. The summed E-state index contributed by atoms with van der Waals surface area (Å²) in [5.74, 6) is 0.854. The zero-order valence-corrected chi connectivity index (χ0v) is 13.5. The third-order valence-corrected chi connectivity index (χ3v) is 4.76. The lowest BCUT2D eigenvalue weighted by atomic mass is 9.98. The van der Waals surface area contributed by atoms with Gasteiger partial charge in [0, 0.05) is 25.2 Å². The Hall–Kier alpha value is -1.32. The lowest BCUT2D eigenvalue weighted by molar-refractivity contribution is 0.185. The maximum atomic E-state index is 6.45. The van der Waals surface area contributed by atoms with Crippen molar-refractivity contribution in [2.75, 3.05) is 25.5 Å². The molecule has 2 heterocycles. The summed E-state index contributed by atoms with van der Waals surface area (Å²) < 4.78 is 0. The van der Waals surface area contributed by atoms with Crippen molar-refractivity contribution in [2.24, 2.45) is 5.92 Å². The van der Waals surface area contributed by atoms with Crippen molar-refractivity contribution in [3.63, 3.8) is 0 Å². The molecule has 1 aromatic heterocycles. The van der Waals surface area contributed by atoms with Gasteiger partial charge in [-0.3, -0.25) is 9.88 Å². The Labute approximate surface area is 131 Å². The van der Waals surface area contributed by atoms with E-state index in [4.69, 9.17) is 11.6 Å². The number of anilines is 1. The smallest absolute Gasteiger partial charge is 0.0951 e. The van der Waals surface area contributed by atoms with Crippen LogP contribution in [-0.4, -0.2) is 30.0 Å². The quantitative estimate of drug-likeness (QED) is 0.923. The third kappa shape index (κ3) is 2.99. The number of halogens is 1. The highest BCUT2D eigenvalue weighted by Gasteiger charge is 2.18. The van der Waals surface area contributed by atoms with E-state index in [-0.39, 0.29) is 0 Å². The van der Waals surface area contributed by atoms with Gasteiger partial charge in [0.15, 0.2) is 0 Å². The summed E-state index contributed by atoms with van der Waals surface area (Å²) in [5.41, 5.74) is 3.31. The van der Waals surface area contributed by atoms with Gasteiger partial charge in [0.25, 0.3) is 0 Å². The molecule has 1 N–H and O–H groups in total. The Kier molecular flexibility index (Phi) is 4.32. The van der Waals surface area contributed by atoms with Crippen LogP contribution in [0.25, 0.3) is 10.9 Å². The molecule has 0 amide bonds. The number of aromatic nitrogens is 1. The minimum atomic E-state index is 0.789. The van der Waals surface area contributed by atoms with Crippen LogP contribution in [0.1, 0.15) is 25.3 Å². The summed E-state index contributed by atoms with van der Waals surface area (Å²) in [4.78, 5) is 7.03. The van der Waals surface area contributed by atoms with E-state index in [9.17, 15) is 0 Å². The summed E-state index contributed by atoms with van der Waals surface area (Å²) in [6, 6.07) is 6.05. The molecule has 0 spiro atoms. The van der Waals surface area contributed by atoms with Crippen LogP contribution in [0.3, 0.4) is 0 Å². The van der Waals surface area contributed by atoms with Crippen molar-refractivity contribution in [2.45, 2.75) is 26.3 Å².